The maximum Gasteiger partial charge on any atom is 0.0280 e. The molecular weight excluding hydrogens is 585 g/mol. The van der Waals surface area contributed by atoms with Crippen LogP contribution in [0.3, 0.4) is 0 Å². The van der Waals surface area contributed by atoms with Gasteiger partial charge in [-0.15, -0.1) is 0 Å². The summed E-state index contributed by atoms with van der Waals surface area (Å²) in [5, 5.41) is 10.2. The number of fused-ring (bicyclic) bond motifs is 7. The first-order chi connectivity index (χ1) is 23.3. The normalized spacial score (nSPS) is 12.2. The average molecular weight is 613 g/mol. The molecule has 1 aliphatic rings. The van der Waals surface area contributed by atoms with Gasteiger partial charge in [-0.05, 0) is 93.7 Å². The monoisotopic (exact) mass is 612 g/mol. The molecule has 47 heavy (non-hydrogen) atoms. The molecule has 10 rings (SSSR count). The smallest absolute Gasteiger partial charge is 0.0280 e. The maximum atomic E-state index is 2.34. The number of hydrogen-bond donors (Lipinski definition) is 0. The van der Waals surface area contributed by atoms with E-state index < -0.39 is 0 Å². The quantitative estimate of drug-likeness (QED) is 0.175. The van der Waals surface area contributed by atoms with Gasteiger partial charge < -0.3 is 0 Å². The topological polar surface area (TPSA) is 0 Å². The van der Waals surface area contributed by atoms with Crippen molar-refractivity contribution in [1.82, 2.24) is 0 Å². The second-order valence-electron chi connectivity index (χ2n) is 12.4. The summed E-state index contributed by atoms with van der Waals surface area (Å²) in [5.74, 6) is 0. The van der Waals surface area contributed by atoms with E-state index in [4.69, 9.17) is 0 Å². The van der Waals surface area contributed by atoms with Crippen LogP contribution in [0.25, 0.3) is 87.6 Å². The van der Waals surface area contributed by atoms with Gasteiger partial charge in [0.05, 0.1) is 0 Å². The molecule has 9 aromatic rings. The molecule has 0 aliphatic carbocycles. The van der Waals surface area contributed by atoms with Crippen LogP contribution in [-0.2, 0) is 0 Å². The molecule has 0 spiro atoms. The average Bonchev–Trinajstić information content (AvgIpc) is 3.13. The Kier molecular flexibility index (Phi) is 5.91. The van der Waals surface area contributed by atoms with Gasteiger partial charge in [0.15, 0.2) is 0 Å². The standard InChI is InChI=1S/C46H28S/c1-2-17-31-29(13-1)14-9-23-33(31)44-35-19-3-5-21-37(35)45(38-22-6-4-20-36(38)44)41-27-12-26-40-39-25-11-16-30-15-10-24-34(43(30)39)32-18-7-8-28-42(32)47-46(40)41/h1-28H. The summed E-state index contributed by atoms with van der Waals surface area (Å²) >= 11 is 1.91. The van der Waals surface area contributed by atoms with Crippen LogP contribution in [-0.4, -0.2) is 0 Å². The Bertz CT molecular complexity index is 2650. The molecule has 0 bridgehead atoms. The Balaban J connectivity index is 1.35. The van der Waals surface area contributed by atoms with Crippen molar-refractivity contribution in [3.63, 3.8) is 0 Å². The lowest BCUT2D eigenvalue weighted by molar-refractivity contribution is 1.39. The molecule has 1 heterocycles. The van der Waals surface area contributed by atoms with Gasteiger partial charge in [0.2, 0.25) is 0 Å². The molecule has 1 aliphatic heterocycles. The molecule has 218 valence electrons. The Morgan fingerprint density at radius 1 is 0.277 bits per heavy atom. The van der Waals surface area contributed by atoms with E-state index in [9.17, 15) is 0 Å². The van der Waals surface area contributed by atoms with Crippen molar-refractivity contribution in [1.29, 1.82) is 0 Å². The largest absolute Gasteiger partial charge is 0.0881 e. The predicted octanol–water partition coefficient (Wildman–Crippen LogP) is 13.4. The van der Waals surface area contributed by atoms with Crippen LogP contribution in [0.4, 0.5) is 0 Å². The van der Waals surface area contributed by atoms with Crippen LogP contribution in [0.2, 0.25) is 0 Å². The highest BCUT2D eigenvalue weighted by Gasteiger charge is 2.25. The molecular formula is C46H28S. The van der Waals surface area contributed by atoms with Crippen molar-refractivity contribution in [2.75, 3.05) is 0 Å². The van der Waals surface area contributed by atoms with Crippen molar-refractivity contribution in [3.8, 4) is 44.5 Å². The first-order valence-corrected chi connectivity index (χ1v) is 17.0. The van der Waals surface area contributed by atoms with Gasteiger partial charge in [0, 0.05) is 9.79 Å². The Morgan fingerprint density at radius 3 is 1.40 bits per heavy atom. The second kappa shape index (κ2) is 10.5. The van der Waals surface area contributed by atoms with E-state index in [0.29, 0.717) is 0 Å². The van der Waals surface area contributed by atoms with Crippen LogP contribution in [0.15, 0.2) is 180 Å². The van der Waals surface area contributed by atoms with Crippen molar-refractivity contribution in [2.24, 2.45) is 0 Å². The third kappa shape index (κ3) is 3.97. The minimum absolute atomic E-state index is 1.26. The lowest BCUT2D eigenvalue weighted by Crippen LogP contribution is -1.97. The lowest BCUT2D eigenvalue weighted by Gasteiger charge is -2.24. The van der Waals surface area contributed by atoms with E-state index in [2.05, 4.69) is 170 Å². The second-order valence-corrected chi connectivity index (χ2v) is 13.4. The molecule has 0 radical (unpaired) electrons. The van der Waals surface area contributed by atoms with E-state index >= 15 is 0 Å². The summed E-state index contributed by atoms with van der Waals surface area (Å²) in [6.07, 6.45) is 0. The fraction of sp³-hybridized carbons (Fsp3) is 0. The molecule has 0 fully saturated rings. The minimum Gasteiger partial charge on any atom is -0.0881 e. The zero-order valence-electron chi connectivity index (χ0n) is 25.6. The van der Waals surface area contributed by atoms with E-state index in [-0.39, 0.29) is 0 Å². The van der Waals surface area contributed by atoms with Crippen LogP contribution >= 0.6 is 11.8 Å². The molecule has 9 aromatic carbocycles. The molecule has 0 N–H and O–H groups in total. The van der Waals surface area contributed by atoms with E-state index in [0.717, 1.165) is 0 Å². The van der Waals surface area contributed by atoms with Crippen LogP contribution in [0.1, 0.15) is 0 Å². The van der Waals surface area contributed by atoms with Crippen molar-refractivity contribution < 1.29 is 0 Å². The van der Waals surface area contributed by atoms with E-state index in [1.165, 1.54) is 97.4 Å². The SMILES string of the molecule is c1ccc2c(c1)Sc1c(-c3c4ccccc4c(-c4cccc5ccccc45)c4ccccc34)cccc1-c1cccc3cccc-2c13. The zero-order chi connectivity index (χ0) is 30.9. The predicted molar refractivity (Wildman–Crippen MR) is 202 cm³/mol. The third-order valence-electron chi connectivity index (χ3n) is 9.86. The van der Waals surface area contributed by atoms with Crippen molar-refractivity contribution >= 4 is 54.9 Å². The highest BCUT2D eigenvalue weighted by Crippen LogP contribution is 2.53. The first-order valence-electron chi connectivity index (χ1n) is 16.2. The van der Waals surface area contributed by atoms with Gasteiger partial charge in [-0.25, -0.2) is 0 Å². The minimum atomic E-state index is 1.26. The summed E-state index contributed by atoms with van der Waals surface area (Å²) in [5.41, 5.74) is 10.3. The Labute approximate surface area is 278 Å². The zero-order valence-corrected chi connectivity index (χ0v) is 26.4. The molecule has 0 aromatic heterocycles. The molecule has 0 unspecified atom stereocenters. The first kappa shape index (κ1) is 26.6. The molecule has 0 amide bonds. The van der Waals surface area contributed by atoms with Gasteiger partial charge >= 0.3 is 0 Å². The van der Waals surface area contributed by atoms with Crippen LogP contribution in [0, 0.1) is 0 Å². The van der Waals surface area contributed by atoms with Crippen molar-refractivity contribution in [3.05, 3.63) is 170 Å². The summed E-state index contributed by atoms with van der Waals surface area (Å²) < 4.78 is 0. The summed E-state index contributed by atoms with van der Waals surface area (Å²) in [4.78, 5) is 2.58. The fourth-order valence-electron chi connectivity index (χ4n) is 7.89. The van der Waals surface area contributed by atoms with E-state index in [1.807, 2.05) is 11.8 Å². The summed E-state index contributed by atoms with van der Waals surface area (Å²) in [7, 11) is 0. The van der Waals surface area contributed by atoms with Gasteiger partial charge in [-0.1, -0.05) is 176 Å². The van der Waals surface area contributed by atoms with Gasteiger partial charge in [0.1, 0.15) is 0 Å². The number of rotatable bonds is 2. The number of benzene rings is 9. The van der Waals surface area contributed by atoms with Gasteiger partial charge in [-0.3, -0.25) is 0 Å². The van der Waals surface area contributed by atoms with Crippen LogP contribution < -0.4 is 0 Å². The highest BCUT2D eigenvalue weighted by atomic mass is 32.2. The molecule has 1 heteroatoms. The highest BCUT2D eigenvalue weighted by molar-refractivity contribution is 7.99. The molecule has 0 saturated heterocycles. The van der Waals surface area contributed by atoms with E-state index in [1.54, 1.807) is 0 Å². The summed E-state index contributed by atoms with van der Waals surface area (Å²) in [6, 6.07) is 62.8. The Morgan fingerprint density at radius 2 is 0.702 bits per heavy atom. The Hall–Kier alpha value is -5.63. The number of hydrogen-bond acceptors (Lipinski definition) is 1. The lowest BCUT2D eigenvalue weighted by atomic mass is 9.84. The fourth-order valence-corrected chi connectivity index (χ4v) is 9.11. The molecule has 0 nitrogen and oxygen atoms in total. The van der Waals surface area contributed by atoms with Gasteiger partial charge in [0.25, 0.3) is 0 Å². The molecule has 0 saturated carbocycles. The maximum absolute atomic E-state index is 2.34. The van der Waals surface area contributed by atoms with Crippen LogP contribution in [0.5, 0.6) is 0 Å². The third-order valence-corrected chi connectivity index (χ3v) is 11.1. The van der Waals surface area contributed by atoms with Gasteiger partial charge in [-0.2, -0.15) is 0 Å². The molecule has 0 atom stereocenters. The summed E-state index contributed by atoms with van der Waals surface area (Å²) in [6.45, 7) is 0. The van der Waals surface area contributed by atoms with Crippen molar-refractivity contribution in [2.45, 2.75) is 9.79 Å².